The molecule has 2 N–H and O–H groups in total. The highest BCUT2D eigenvalue weighted by Gasteiger charge is 2.21. The second-order valence-electron chi connectivity index (χ2n) is 8.25. The third-order valence-corrected chi connectivity index (χ3v) is 5.81. The van der Waals surface area contributed by atoms with Gasteiger partial charge in [0.05, 0.1) is 0 Å². The Morgan fingerprint density at radius 2 is 1.49 bits per heavy atom. The summed E-state index contributed by atoms with van der Waals surface area (Å²) < 4.78 is 6.46. The standard InChI is InChI=1S/C30H24N2O3/c1-20-10-8-17-25(27(20)23-15-9-16-24(18-23)31-19-26(33)34)30-32-28(21-11-4-2-5-12-21)29(35-30)22-13-6-3-7-14-22/h2-18,31H,19H2,1H3,(H,33,34). The number of oxazole rings is 1. The fourth-order valence-corrected chi connectivity index (χ4v) is 4.20. The molecule has 1 heterocycles. The SMILES string of the molecule is Cc1cccc(-c2nc(-c3ccccc3)c(-c3ccccc3)o2)c1-c1cccc(NCC(=O)O)c1. The molecule has 0 aliphatic carbocycles. The van der Waals surface area contributed by atoms with E-state index in [1.54, 1.807) is 0 Å². The maximum Gasteiger partial charge on any atom is 0.322 e. The van der Waals surface area contributed by atoms with Gasteiger partial charge in [0, 0.05) is 22.4 Å². The highest BCUT2D eigenvalue weighted by atomic mass is 16.4. The van der Waals surface area contributed by atoms with Crippen LogP contribution in [0.15, 0.2) is 108 Å². The van der Waals surface area contributed by atoms with Crippen molar-refractivity contribution in [2.45, 2.75) is 6.92 Å². The summed E-state index contributed by atoms with van der Waals surface area (Å²) in [6.07, 6.45) is 0. The lowest BCUT2D eigenvalue weighted by Gasteiger charge is -2.12. The van der Waals surface area contributed by atoms with Crippen molar-refractivity contribution in [2.24, 2.45) is 0 Å². The van der Waals surface area contributed by atoms with Crippen molar-refractivity contribution in [1.82, 2.24) is 4.98 Å². The number of hydrogen-bond donors (Lipinski definition) is 2. The number of nitrogens with zero attached hydrogens (tertiary/aromatic N) is 1. The number of rotatable bonds is 7. The van der Waals surface area contributed by atoms with E-state index in [0.29, 0.717) is 5.89 Å². The van der Waals surface area contributed by atoms with E-state index in [1.807, 2.05) is 97.1 Å². The number of carboxylic acid groups (broad SMARTS) is 1. The van der Waals surface area contributed by atoms with Gasteiger partial charge in [0.2, 0.25) is 5.89 Å². The number of anilines is 1. The van der Waals surface area contributed by atoms with E-state index in [4.69, 9.17) is 14.5 Å². The Morgan fingerprint density at radius 3 is 2.20 bits per heavy atom. The highest BCUT2D eigenvalue weighted by Crippen LogP contribution is 2.40. The summed E-state index contributed by atoms with van der Waals surface area (Å²) in [7, 11) is 0. The molecule has 5 aromatic rings. The predicted octanol–water partition coefficient (Wildman–Crippen LogP) is 7.15. The second kappa shape index (κ2) is 9.69. The van der Waals surface area contributed by atoms with Gasteiger partial charge in [-0.15, -0.1) is 0 Å². The highest BCUT2D eigenvalue weighted by molar-refractivity contribution is 5.87. The lowest BCUT2D eigenvalue weighted by molar-refractivity contribution is -0.134. The number of carbonyl (C=O) groups is 1. The summed E-state index contributed by atoms with van der Waals surface area (Å²) in [4.78, 5) is 16.0. The molecule has 0 spiro atoms. The summed E-state index contributed by atoms with van der Waals surface area (Å²) in [5.74, 6) is 0.343. The van der Waals surface area contributed by atoms with E-state index in [0.717, 1.165) is 50.5 Å². The van der Waals surface area contributed by atoms with E-state index in [-0.39, 0.29) is 6.54 Å². The molecule has 5 nitrogen and oxygen atoms in total. The van der Waals surface area contributed by atoms with Crippen LogP contribution in [0.4, 0.5) is 5.69 Å². The monoisotopic (exact) mass is 460 g/mol. The lowest BCUT2D eigenvalue weighted by atomic mass is 9.94. The van der Waals surface area contributed by atoms with Crippen molar-refractivity contribution in [2.75, 3.05) is 11.9 Å². The largest absolute Gasteiger partial charge is 0.480 e. The van der Waals surface area contributed by atoms with Crippen LogP contribution in [0.2, 0.25) is 0 Å². The minimum Gasteiger partial charge on any atom is -0.480 e. The zero-order valence-electron chi connectivity index (χ0n) is 19.2. The molecule has 0 bridgehead atoms. The average molecular weight is 461 g/mol. The third kappa shape index (κ3) is 4.70. The molecule has 0 atom stereocenters. The number of carboxylic acids is 1. The summed E-state index contributed by atoms with van der Waals surface area (Å²) in [5, 5.41) is 12.0. The van der Waals surface area contributed by atoms with Gasteiger partial charge in [0.1, 0.15) is 12.2 Å². The molecule has 0 unspecified atom stereocenters. The van der Waals surface area contributed by atoms with Gasteiger partial charge in [0.25, 0.3) is 0 Å². The first-order valence-electron chi connectivity index (χ1n) is 11.4. The number of benzene rings is 4. The first-order chi connectivity index (χ1) is 17.1. The predicted molar refractivity (Wildman–Crippen MR) is 139 cm³/mol. The molecule has 172 valence electrons. The second-order valence-corrected chi connectivity index (χ2v) is 8.25. The summed E-state index contributed by atoms with van der Waals surface area (Å²) in [5.41, 5.74) is 7.35. The number of nitrogens with one attached hydrogen (secondary N) is 1. The average Bonchev–Trinajstić information content (AvgIpc) is 3.34. The van der Waals surface area contributed by atoms with E-state index < -0.39 is 5.97 Å². The zero-order chi connectivity index (χ0) is 24.2. The number of aromatic nitrogens is 1. The van der Waals surface area contributed by atoms with Crippen molar-refractivity contribution in [3.63, 3.8) is 0 Å². The molecule has 1 aromatic heterocycles. The minimum absolute atomic E-state index is 0.148. The maximum atomic E-state index is 11.0. The number of aryl methyl sites for hydroxylation is 1. The van der Waals surface area contributed by atoms with Crippen LogP contribution < -0.4 is 5.32 Å². The molecule has 0 aliphatic heterocycles. The molecule has 4 aromatic carbocycles. The van der Waals surface area contributed by atoms with Crippen molar-refractivity contribution < 1.29 is 14.3 Å². The third-order valence-electron chi connectivity index (χ3n) is 5.81. The van der Waals surface area contributed by atoms with Gasteiger partial charge in [0.15, 0.2) is 5.76 Å². The van der Waals surface area contributed by atoms with Crippen molar-refractivity contribution in [1.29, 1.82) is 0 Å². The molecular formula is C30H24N2O3. The van der Waals surface area contributed by atoms with Crippen molar-refractivity contribution in [3.05, 3.63) is 109 Å². The van der Waals surface area contributed by atoms with Gasteiger partial charge >= 0.3 is 5.97 Å². The molecule has 0 aliphatic rings. The van der Waals surface area contributed by atoms with Gasteiger partial charge in [-0.05, 0) is 41.8 Å². The Bertz CT molecular complexity index is 1420. The van der Waals surface area contributed by atoms with E-state index in [9.17, 15) is 4.79 Å². The van der Waals surface area contributed by atoms with Gasteiger partial charge in [-0.3, -0.25) is 4.79 Å². The van der Waals surface area contributed by atoms with Crippen molar-refractivity contribution in [3.8, 4) is 45.2 Å². The minimum atomic E-state index is -0.909. The fourth-order valence-electron chi connectivity index (χ4n) is 4.20. The molecular weight excluding hydrogens is 436 g/mol. The Morgan fingerprint density at radius 1 is 0.829 bits per heavy atom. The van der Waals surface area contributed by atoms with Crippen LogP contribution in [0.1, 0.15) is 5.56 Å². The molecule has 0 radical (unpaired) electrons. The molecule has 0 saturated carbocycles. The lowest BCUT2D eigenvalue weighted by Crippen LogP contribution is -2.12. The topological polar surface area (TPSA) is 75.4 Å². The van der Waals surface area contributed by atoms with Gasteiger partial charge in [-0.25, -0.2) is 4.98 Å². The molecule has 5 rings (SSSR count). The maximum absolute atomic E-state index is 11.0. The first kappa shape index (κ1) is 22.2. The fraction of sp³-hybridized carbons (Fsp3) is 0.0667. The molecule has 5 heteroatoms. The summed E-state index contributed by atoms with van der Waals surface area (Å²) in [6, 6.07) is 33.8. The molecule has 0 saturated heterocycles. The van der Waals surface area contributed by atoms with Crippen LogP contribution >= 0.6 is 0 Å². The van der Waals surface area contributed by atoms with Gasteiger partial charge in [-0.1, -0.05) is 84.9 Å². The van der Waals surface area contributed by atoms with Crippen LogP contribution in [0.5, 0.6) is 0 Å². The smallest absolute Gasteiger partial charge is 0.322 e. The first-order valence-corrected chi connectivity index (χ1v) is 11.4. The van der Waals surface area contributed by atoms with Gasteiger partial charge < -0.3 is 14.8 Å². The molecule has 0 amide bonds. The van der Waals surface area contributed by atoms with Crippen LogP contribution in [0, 0.1) is 6.92 Å². The van der Waals surface area contributed by atoms with Crippen molar-refractivity contribution >= 4 is 11.7 Å². The summed E-state index contributed by atoms with van der Waals surface area (Å²) >= 11 is 0. The van der Waals surface area contributed by atoms with E-state index >= 15 is 0 Å². The Balaban J connectivity index is 1.66. The zero-order valence-corrected chi connectivity index (χ0v) is 19.2. The van der Waals surface area contributed by atoms with Gasteiger partial charge in [-0.2, -0.15) is 0 Å². The van der Waals surface area contributed by atoms with Crippen LogP contribution in [-0.2, 0) is 4.79 Å². The summed E-state index contributed by atoms with van der Waals surface area (Å²) in [6.45, 7) is 1.90. The molecule has 0 fully saturated rings. The Hall–Kier alpha value is -4.64. The number of hydrogen-bond acceptors (Lipinski definition) is 4. The number of aliphatic carboxylic acids is 1. The molecule has 35 heavy (non-hydrogen) atoms. The van der Waals surface area contributed by atoms with Crippen LogP contribution in [0.3, 0.4) is 0 Å². The quantitative estimate of drug-likeness (QED) is 0.270. The Labute approximate surface area is 203 Å². The van der Waals surface area contributed by atoms with Crippen LogP contribution in [0.25, 0.3) is 45.2 Å². The van der Waals surface area contributed by atoms with E-state index in [1.165, 1.54) is 0 Å². The van der Waals surface area contributed by atoms with Crippen LogP contribution in [-0.4, -0.2) is 22.6 Å². The Kier molecular flexibility index (Phi) is 6.14. The van der Waals surface area contributed by atoms with E-state index in [2.05, 4.69) is 18.3 Å². The normalized spacial score (nSPS) is 10.8.